The van der Waals surface area contributed by atoms with E-state index in [9.17, 15) is 0 Å². The van der Waals surface area contributed by atoms with E-state index in [1.165, 1.54) is 17.7 Å². The Bertz CT molecular complexity index is 267. The highest BCUT2D eigenvalue weighted by Gasteiger charge is 2.15. The molecule has 2 rings (SSSR count). The van der Waals surface area contributed by atoms with Gasteiger partial charge in [0, 0.05) is 4.88 Å². The first kappa shape index (κ1) is 11.1. The van der Waals surface area contributed by atoms with Gasteiger partial charge in [-0.2, -0.15) is 0 Å². The molecular formula is C12H19NOS. The summed E-state index contributed by atoms with van der Waals surface area (Å²) in [5.74, 6) is 0.758. The zero-order valence-corrected chi connectivity index (χ0v) is 10.1. The lowest BCUT2D eigenvalue weighted by Gasteiger charge is -2.23. The second-order valence-corrected chi connectivity index (χ2v) is 5.16. The van der Waals surface area contributed by atoms with Crippen molar-refractivity contribution in [2.45, 2.75) is 25.9 Å². The van der Waals surface area contributed by atoms with Crippen molar-refractivity contribution in [2.24, 2.45) is 5.92 Å². The normalized spacial score (nSPS) is 20.3. The van der Waals surface area contributed by atoms with Crippen LogP contribution in [0.1, 0.15) is 30.7 Å². The average Bonchev–Trinajstić information content (AvgIpc) is 2.81. The fourth-order valence-electron chi connectivity index (χ4n) is 1.93. The lowest BCUT2D eigenvalue weighted by molar-refractivity contribution is 0.0339. The second kappa shape index (κ2) is 5.64. The first-order chi connectivity index (χ1) is 7.36. The molecule has 0 spiro atoms. The molecule has 0 radical (unpaired) electrons. The smallest absolute Gasteiger partial charge is 0.0888 e. The zero-order valence-electron chi connectivity index (χ0n) is 9.24. The SMILES string of the molecule is C[C@@H](OCC1CCNCC1)c1cccs1. The van der Waals surface area contributed by atoms with E-state index in [1.54, 1.807) is 11.3 Å². The van der Waals surface area contributed by atoms with Crippen LogP contribution < -0.4 is 5.32 Å². The fraction of sp³-hybridized carbons (Fsp3) is 0.667. The molecule has 0 aromatic carbocycles. The van der Waals surface area contributed by atoms with Gasteiger partial charge in [-0.1, -0.05) is 6.07 Å². The molecule has 0 saturated carbocycles. The van der Waals surface area contributed by atoms with Gasteiger partial charge in [0.2, 0.25) is 0 Å². The Hall–Kier alpha value is -0.380. The third-order valence-electron chi connectivity index (χ3n) is 2.98. The Balaban J connectivity index is 1.73. The molecular weight excluding hydrogens is 206 g/mol. The van der Waals surface area contributed by atoms with Gasteiger partial charge in [-0.3, -0.25) is 0 Å². The number of hydrogen-bond acceptors (Lipinski definition) is 3. The van der Waals surface area contributed by atoms with E-state index in [-0.39, 0.29) is 6.10 Å². The number of ether oxygens (including phenoxy) is 1. The van der Waals surface area contributed by atoms with E-state index < -0.39 is 0 Å². The first-order valence-electron chi connectivity index (χ1n) is 5.72. The van der Waals surface area contributed by atoms with Crippen LogP contribution in [0, 0.1) is 5.92 Å². The Morgan fingerprint density at radius 3 is 3.00 bits per heavy atom. The minimum Gasteiger partial charge on any atom is -0.373 e. The van der Waals surface area contributed by atoms with Gasteiger partial charge in [0.15, 0.2) is 0 Å². The van der Waals surface area contributed by atoms with Crippen molar-refractivity contribution in [1.82, 2.24) is 5.32 Å². The van der Waals surface area contributed by atoms with Crippen molar-refractivity contribution in [1.29, 1.82) is 0 Å². The molecule has 1 saturated heterocycles. The summed E-state index contributed by atoms with van der Waals surface area (Å²) in [5, 5.41) is 5.49. The molecule has 2 heterocycles. The summed E-state index contributed by atoms with van der Waals surface area (Å²) in [6, 6.07) is 4.24. The Morgan fingerprint density at radius 1 is 1.53 bits per heavy atom. The highest BCUT2D eigenvalue weighted by atomic mass is 32.1. The maximum atomic E-state index is 5.91. The summed E-state index contributed by atoms with van der Waals surface area (Å²) in [6.07, 6.45) is 2.79. The molecule has 0 amide bonds. The van der Waals surface area contributed by atoms with Crippen LogP contribution in [0.4, 0.5) is 0 Å². The van der Waals surface area contributed by atoms with Crippen LogP contribution >= 0.6 is 11.3 Å². The van der Waals surface area contributed by atoms with Gasteiger partial charge in [-0.15, -0.1) is 11.3 Å². The first-order valence-corrected chi connectivity index (χ1v) is 6.60. The summed E-state index contributed by atoms with van der Waals surface area (Å²) in [6.45, 7) is 5.37. The van der Waals surface area contributed by atoms with E-state index in [0.717, 1.165) is 25.6 Å². The van der Waals surface area contributed by atoms with Crippen LogP contribution in [0.5, 0.6) is 0 Å². The predicted molar refractivity (Wildman–Crippen MR) is 64.3 cm³/mol. The van der Waals surface area contributed by atoms with Gasteiger partial charge in [0.05, 0.1) is 12.7 Å². The summed E-state index contributed by atoms with van der Waals surface area (Å²) >= 11 is 1.78. The molecule has 1 atom stereocenters. The number of hydrogen-bond donors (Lipinski definition) is 1. The van der Waals surface area contributed by atoms with Crippen LogP contribution in [-0.2, 0) is 4.74 Å². The maximum absolute atomic E-state index is 5.91. The summed E-state index contributed by atoms with van der Waals surface area (Å²) in [4.78, 5) is 1.34. The third-order valence-corrected chi connectivity index (χ3v) is 4.02. The minimum absolute atomic E-state index is 0.264. The molecule has 15 heavy (non-hydrogen) atoms. The van der Waals surface area contributed by atoms with Crippen molar-refractivity contribution in [3.05, 3.63) is 22.4 Å². The quantitative estimate of drug-likeness (QED) is 0.851. The molecule has 84 valence electrons. The number of rotatable bonds is 4. The summed E-state index contributed by atoms with van der Waals surface area (Å²) < 4.78 is 5.91. The van der Waals surface area contributed by atoms with Crippen molar-refractivity contribution in [3.63, 3.8) is 0 Å². The lowest BCUT2D eigenvalue weighted by Crippen LogP contribution is -2.30. The molecule has 0 aliphatic carbocycles. The highest BCUT2D eigenvalue weighted by molar-refractivity contribution is 7.10. The Kier molecular flexibility index (Phi) is 4.18. The van der Waals surface area contributed by atoms with Gasteiger partial charge < -0.3 is 10.1 Å². The van der Waals surface area contributed by atoms with Crippen molar-refractivity contribution in [2.75, 3.05) is 19.7 Å². The number of thiophene rings is 1. The predicted octanol–water partition coefficient (Wildman–Crippen LogP) is 2.83. The van der Waals surface area contributed by atoms with Crippen molar-refractivity contribution in [3.8, 4) is 0 Å². The molecule has 1 N–H and O–H groups in total. The van der Waals surface area contributed by atoms with Crippen LogP contribution in [0.2, 0.25) is 0 Å². The Morgan fingerprint density at radius 2 is 2.33 bits per heavy atom. The van der Waals surface area contributed by atoms with Crippen molar-refractivity contribution < 1.29 is 4.74 Å². The topological polar surface area (TPSA) is 21.3 Å². The highest BCUT2D eigenvalue weighted by Crippen LogP contribution is 2.23. The summed E-state index contributed by atoms with van der Waals surface area (Å²) in [5.41, 5.74) is 0. The van der Waals surface area contributed by atoms with Gasteiger partial charge in [0.1, 0.15) is 0 Å². The van der Waals surface area contributed by atoms with Gasteiger partial charge in [0.25, 0.3) is 0 Å². The van der Waals surface area contributed by atoms with Crippen molar-refractivity contribution >= 4 is 11.3 Å². The third kappa shape index (κ3) is 3.30. The maximum Gasteiger partial charge on any atom is 0.0888 e. The average molecular weight is 225 g/mol. The lowest BCUT2D eigenvalue weighted by atomic mass is 9.99. The molecule has 1 aliphatic heterocycles. The molecule has 1 aromatic heterocycles. The van der Waals surface area contributed by atoms with E-state index in [0.29, 0.717) is 0 Å². The van der Waals surface area contributed by atoms with Crippen LogP contribution in [0.15, 0.2) is 17.5 Å². The summed E-state index contributed by atoms with van der Waals surface area (Å²) in [7, 11) is 0. The second-order valence-electron chi connectivity index (χ2n) is 4.18. The van der Waals surface area contributed by atoms with Gasteiger partial charge in [-0.25, -0.2) is 0 Å². The molecule has 2 nitrogen and oxygen atoms in total. The van der Waals surface area contributed by atoms with Crippen LogP contribution in [0.3, 0.4) is 0 Å². The number of piperidine rings is 1. The van der Waals surface area contributed by atoms with E-state index in [2.05, 4.69) is 29.8 Å². The monoisotopic (exact) mass is 225 g/mol. The zero-order chi connectivity index (χ0) is 10.5. The molecule has 0 unspecified atom stereocenters. The van der Waals surface area contributed by atoms with E-state index >= 15 is 0 Å². The fourth-order valence-corrected chi connectivity index (χ4v) is 2.66. The number of nitrogens with one attached hydrogen (secondary N) is 1. The molecule has 3 heteroatoms. The standard InChI is InChI=1S/C12H19NOS/c1-10(12-3-2-8-15-12)14-9-11-4-6-13-7-5-11/h2-3,8,10-11,13H,4-7,9H2,1H3/t10-/m1/s1. The minimum atomic E-state index is 0.264. The molecule has 0 bridgehead atoms. The molecule has 1 fully saturated rings. The van der Waals surface area contributed by atoms with E-state index in [4.69, 9.17) is 4.74 Å². The van der Waals surface area contributed by atoms with E-state index in [1.807, 2.05) is 0 Å². The van der Waals surface area contributed by atoms with Crippen LogP contribution in [0.25, 0.3) is 0 Å². The Labute approximate surface area is 95.6 Å². The van der Waals surface area contributed by atoms with Gasteiger partial charge in [-0.05, 0) is 50.2 Å². The molecule has 1 aromatic rings. The molecule has 1 aliphatic rings. The van der Waals surface area contributed by atoms with Gasteiger partial charge >= 0.3 is 0 Å². The van der Waals surface area contributed by atoms with Crippen LogP contribution in [-0.4, -0.2) is 19.7 Å². The largest absolute Gasteiger partial charge is 0.373 e.